The van der Waals surface area contributed by atoms with Crippen molar-refractivity contribution in [3.8, 4) is 0 Å². The van der Waals surface area contributed by atoms with Crippen molar-refractivity contribution in [2.75, 3.05) is 33.9 Å². The molecule has 0 radical (unpaired) electrons. The topological polar surface area (TPSA) is 24.5 Å². The van der Waals surface area contributed by atoms with Gasteiger partial charge in [0.15, 0.2) is 0 Å². The summed E-state index contributed by atoms with van der Waals surface area (Å²) in [6, 6.07) is 6.66. The number of nitrogens with one attached hydrogen (secondary N) is 1. The number of hydrogen-bond donors (Lipinski definition) is 1. The minimum Gasteiger partial charge on any atom is -0.384 e. The van der Waals surface area contributed by atoms with Crippen LogP contribution in [0.4, 0.5) is 0 Å². The van der Waals surface area contributed by atoms with Crippen LogP contribution in [0.15, 0.2) is 22.7 Å². The molecule has 0 saturated carbocycles. The summed E-state index contributed by atoms with van der Waals surface area (Å²) in [7, 11) is 3.77. The molecule has 1 heterocycles. The second kappa shape index (κ2) is 7.39. The van der Waals surface area contributed by atoms with Crippen LogP contribution >= 0.6 is 15.9 Å². The number of halogens is 1. The van der Waals surface area contributed by atoms with Crippen molar-refractivity contribution in [1.29, 1.82) is 0 Å². The molecule has 1 N–H and O–H groups in total. The van der Waals surface area contributed by atoms with Crippen LogP contribution in [0.3, 0.4) is 0 Å². The van der Waals surface area contributed by atoms with Crippen molar-refractivity contribution >= 4 is 15.9 Å². The number of nitrogens with zero attached hydrogens (tertiary/aromatic N) is 1. The maximum atomic E-state index is 5.25. The van der Waals surface area contributed by atoms with Gasteiger partial charge in [0.1, 0.15) is 0 Å². The largest absolute Gasteiger partial charge is 0.384 e. The minimum atomic E-state index is 0.701. The van der Waals surface area contributed by atoms with Crippen LogP contribution in [-0.4, -0.2) is 38.8 Å². The van der Waals surface area contributed by atoms with E-state index in [1.165, 1.54) is 28.6 Å². The summed E-state index contributed by atoms with van der Waals surface area (Å²) in [6.07, 6.45) is 1.25. The molecule has 1 unspecified atom stereocenters. The monoisotopic (exact) mass is 326 g/mol. The lowest BCUT2D eigenvalue weighted by Gasteiger charge is -2.17. The van der Waals surface area contributed by atoms with E-state index < -0.39 is 0 Å². The number of ether oxygens (including phenoxy) is 1. The van der Waals surface area contributed by atoms with Gasteiger partial charge >= 0.3 is 0 Å². The van der Waals surface area contributed by atoms with Crippen molar-refractivity contribution in [1.82, 2.24) is 10.2 Å². The average molecular weight is 327 g/mol. The van der Waals surface area contributed by atoms with E-state index >= 15 is 0 Å². The molecule has 0 aromatic heterocycles. The van der Waals surface area contributed by atoms with Crippen LogP contribution in [0.5, 0.6) is 0 Å². The summed E-state index contributed by atoms with van der Waals surface area (Å²) >= 11 is 3.69. The van der Waals surface area contributed by atoms with Gasteiger partial charge in [-0.1, -0.05) is 28.1 Å². The molecule has 1 aliphatic rings. The molecule has 0 bridgehead atoms. The molecular weight excluding hydrogens is 304 g/mol. The van der Waals surface area contributed by atoms with Crippen molar-refractivity contribution in [2.45, 2.75) is 19.5 Å². The molecule has 106 valence electrons. The number of hydrogen-bond acceptors (Lipinski definition) is 3. The Hall–Kier alpha value is -0.420. The maximum absolute atomic E-state index is 5.25. The summed E-state index contributed by atoms with van der Waals surface area (Å²) in [5, 5.41) is 3.18. The zero-order valence-corrected chi connectivity index (χ0v) is 13.4. The normalized spacial score (nSPS) is 20.1. The first kappa shape index (κ1) is 15.0. The van der Waals surface area contributed by atoms with Crippen molar-refractivity contribution in [3.63, 3.8) is 0 Å². The van der Waals surface area contributed by atoms with Gasteiger partial charge in [0.05, 0.1) is 6.61 Å². The molecule has 1 aromatic rings. The molecular formula is C15H23BrN2O. The fraction of sp³-hybridized carbons (Fsp3) is 0.600. The van der Waals surface area contributed by atoms with E-state index in [1.54, 1.807) is 7.11 Å². The second-order valence-electron chi connectivity index (χ2n) is 5.30. The fourth-order valence-electron chi connectivity index (χ4n) is 2.70. The highest BCUT2D eigenvalue weighted by Gasteiger charge is 2.22. The molecule has 1 atom stereocenters. The Morgan fingerprint density at radius 3 is 3.00 bits per heavy atom. The number of benzene rings is 1. The summed E-state index contributed by atoms with van der Waals surface area (Å²) < 4.78 is 6.47. The molecule has 1 aromatic carbocycles. The van der Waals surface area contributed by atoms with Crippen LogP contribution in [0.1, 0.15) is 17.5 Å². The zero-order chi connectivity index (χ0) is 13.7. The molecule has 1 aliphatic heterocycles. The van der Waals surface area contributed by atoms with Gasteiger partial charge in [-0.05, 0) is 43.1 Å². The molecule has 0 amide bonds. The first-order chi connectivity index (χ1) is 9.22. The minimum absolute atomic E-state index is 0.701. The van der Waals surface area contributed by atoms with Gasteiger partial charge in [0.2, 0.25) is 0 Å². The highest BCUT2D eigenvalue weighted by Crippen LogP contribution is 2.24. The standard InChI is InChI=1S/C15H23BrN2O/c1-17-8-12-3-4-14(15(16)7-12)10-18-6-5-13(9-18)11-19-2/h3-4,7,13,17H,5-6,8-11H2,1-2H3. The van der Waals surface area contributed by atoms with E-state index in [2.05, 4.69) is 44.3 Å². The van der Waals surface area contributed by atoms with Crippen molar-refractivity contribution in [2.24, 2.45) is 5.92 Å². The Morgan fingerprint density at radius 2 is 2.32 bits per heavy atom. The summed E-state index contributed by atoms with van der Waals surface area (Å²) in [4.78, 5) is 2.52. The Morgan fingerprint density at radius 1 is 1.47 bits per heavy atom. The fourth-order valence-corrected chi connectivity index (χ4v) is 3.25. The van der Waals surface area contributed by atoms with E-state index in [0.29, 0.717) is 5.92 Å². The number of rotatable bonds is 6. The Balaban J connectivity index is 1.92. The van der Waals surface area contributed by atoms with Crippen LogP contribution in [0, 0.1) is 5.92 Å². The second-order valence-corrected chi connectivity index (χ2v) is 6.16. The predicted molar refractivity (Wildman–Crippen MR) is 82.2 cm³/mol. The lowest BCUT2D eigenvalue weighted by molar-refractivity contribution is 0.152. The highest BCUT2D eigenvalue weighted by molar-refractivity contribution is 9.10. The molecule has 2 rings (SSSR count). The van der Waals surface area contributed by atoms with Gasteiger partial charge < -0.3 is 10.1 Å². The quantitative estimate of drug-likeness (QED) is 0.869. The van der Waals surface area contributed by atoms with Crippen LogP contribution < -0.4 is 5.32 Å². The smallest absolute Gasteiger partial charge is 0.0503 e. The molecule has 0 aliphatic carbocycles. The Bertz CT molecular complexity index is 411. The SMILES string of the molecule is CNCc1ccc(CN2CCC(COC)C2)c(Br)c1. The lowest BCUT2D eigenvalue weighted by Crippen LogP contribution is -2.21. The van der Waals surface area contributed by atoms with Gasteiger partial charge in [0.25, 0.3) is 0 Å². The molecule has 1 saturated heterocycles. The lowest BCUT2D eigenvalue weighted by atomic mass is 10.1. The van der Waals surface area contributed by atoms with E-state index in [-0.39, 0.29) is 0 Å². The third-order valence-electron chi connectivity index (χ3n) is 3.66. The molecule has 1 fully saturated rings. The van der Waals surface area contributed by atoms with E-state index in [9.17, 15) is 0 Å². The molecule has 19 heavy (non-hydrogen) atoms. The summed E-state index contributed by atoms with van der Waals surface area (Å²) in [5.41, 5.74) is 2.69. The molecule has 4 heteroatoms. The van der Waals surface area contributed by atoms with Gasteiger partial charge in [-0.3, -0.25) is 4.90 Å². The van der Waals surface area contributed by atoms with Crippen LogP contribution in [0.2, 0.25) is 0 Å². The Labute approximate surface area is 124 Å². The van der Waals surface area contributed by atoms with Gasteiger partial charge in [-0.2, -0.15) is 0 Å². The third-order valence-corrected chi connectivity index (χ3v) is 4.40. The van der Waals surface area contributed by atoms with Crippen LogP contribution in [-0.2, 0) is 17.8 Å². The van der Waals surface area contributed by atoms with E-state index in [0.717, 1.165) is 26.2 Å². The summed E-state index contributed by atoms with van der Waals surface area (Å²) in [5.74, 6) is 0.701. The average Bonchev–Trinajstić information content (AvgIpc) is 2.81. The van der Waals surface area contributed by atoms with Crippen molar-refractivity contribution in [3.05, 3.63) is 33.8 Å². The number of likely N-dealkylation sites (tertiary alicyclic amines) is 1. The third kappa shape index (κ3) is 4.28. The van der Waals surface area contributed by atoms with E-state index in [4.69, 9.17) is 4.74 Å². The van der Waals surface area contributed by atoms with Crippen LogP contribution in [0.25, 0.3) is 0 Å². The maximum Gasteiger partial charge on any atom is 0.0503 e. The summed E-state index contributed by atoms with van der Waals surface area (Å²) in [6.45, 7) is 5.16. The van der Waals surface area contributed by atoms with Gasteiger partial charge in [0, 0.05) is 31.2 Å². The number of methoxy groups -OCH3 is 1. The highest BCUT2D eigenvalue weighted by atomic mass is 79.9. The first-order valence-corrected chi connectivity index (χ1v) is 7.65. The predicted octanol–water partition coefficient (Wildman–Crippen LogP) is 2.64. The molecule has 3 nitrogen and oxygen atoms in total. The van der Waals surface area contributed by atoms with Gasteiger partial charge in [-0.15, -0.1) is 0 Å². The zero-order valence-electron chi connectivity index (χ0n) is 11.8. The van der Waals surface area contributed by atoms with Gasteiger partial charge in [-0.25, -0.2) is 0 Å². The molecule has 0 spiro atoms. The van der Waals surface area contributed by atoms with E-state index in [1.807, 2.05) is 7.05 Å². The Kier molecular flexibility index (Phi) is 5.82. The van der Waals surface area contributed by atoms with Crippen molar-refractivity contribution < 1.29 is 4.74 Å². The first-order valence-electron chi connectivity index (χ1n) is 6.86.